The van der Waals surface area contributed by atoms with Crippen molar-refractivity contribution < 1.29 is 9.18 Å². The SMILES string of the molecule is CSc1nnc(CNC(=O)c2ccccc2F)n1-c1ccc(Br)cc1. The van der Waals surface area contributed by atoms with E-state index in [4.69, 9.17) is 0 Å². The molecule has 0 aliphatic rings. The molecule has 0 spiro atoms. The molecule has 0 atom stereocenters. The summed E-state index contributed by atoms with van der Waals surface area (Å²) in [6.07, 6.45) is 1.90. The van der Waals surface area contributed by atoms with Crippen LogP contribution in [0.1, 0.15) is 16.2 Å². The molecule has 0 bridgehead atoms. The molecule has 1 aromatic heterocycles. The predicted molar refractivity (Wildman–Crippen MR) is 98.4 cm³/mol. The van der Waals surface area contributed by atoms with Crippen molar-refractivity contribution in [3.05, 3.63) is 70.2 Å². The highest BCUT2D eigenvalue weighted by molar-refractivity contribution is 9.10. The summed E-state index contributed by atoms with van der Waals surface area (Å²) in [5.41, 5.74) is 0.884. The number of nitrogens with zero attached hydrogens (tertiary/aromatic N) is 3. The fourth-order valence-corrected chi connectivity index (χ4v) is 3.08. The molecule has 1 N–H and O–H groups in total. The van der Waals surface area contributed by atoms with E-state index < -0.39 is 11.7 Å². The van der Waals surface area contributed by atoms with E-state index in [9.17, 15) is 9.18 Å². The van der Waals surface area contributed by atoms with Gasteiger partial charge in [0.1, 0.15) is 5.82 Å². The topological polar surface area (TPSA) is 59.8 Å². The minimum Gasteiger partial charge on any atom is -0.345 e. The number of carbonyl (C=O) groups is 1. The molecule has 0 saturated heterocycles. The van der Waals surface area contributed by atoms with Gasteiger partial charge in [-0.2, -0.15) is 0 Å². The minimum atomic E-state index is -0.556. The van der Waals surface area contributed by atoms with Crippen LogP contribution in [0.4, 0.5) is 4.39 Å². The molecule has 0 aliphatic carbocycles. The van der Waals surface area contributed by atoms with Gasteiger partial charge in [0, 0.05) is 10.2 Å². The Hall–Kier alpha value is -2.19. The highest BCUT2D eigenvalue weighted by Crippen LogP contribution is 2.21. The van der Waals surface area contributed by atoms with Crippen LogP contribution in [0, 0.1) is 5.82 Å². The van der Waals surface area contributed by atoms with Crippen molar-refractivity contribution in [2.75, 3.05) is 6.26 Å². The second kappa shape index (κ2) is 7.79. The molecule has 0 fully saturated rings. The van der Waals surface area contributed by atoms with Gasteiger partial charge in [0.05, 0.1) is 12.1 Å². The summed E-state index contributed by atoms with van der Waals surface area (Å²) in [7, 11) is 0. The third-order valence-corrected chi connectivity index (χ3v) is 4.65. The molecule has 5 nitrogen and oxygen atoms in total. The number of halogens is 2. The van der Waals surface area contributed by atoms with Gasteiger partial charge in [-0.3, -0.25) is 9.36 Å². The Morgan fingerprint density at radius 3 is 2.60 bits per heavy atom. The molecule has 2 aromatic carbocycles. The molecule has 25 heavy (non-hydrogen) atoms. The average molecular weight is 421 g/mol. The number of rotatable bonds is 5. The number of aromatic nitrogens is 3. The average Bonchev–Trinajstić information content (AvgIpc) is 3.03. The normalized spacial score (nSPS) is 10.7. The summed E-state index contributed by atoms with van der Waals surface area (Å²) in [4.78, 5) is 12.2. The first-order chi connectivity index (χ1) is 12.1. The second-order valence-corrected chi connectivity index (χ2v) is 6.77. The van der Waals surface area contributed by atoms with Gasteiger partial charge in [-0.05, 0) is 42.7 Å². The number of hydrogen-bond acceptors (Lipinski definition) is 4. The monoisotopic (exact) mass is 420 g/mol. The molecule has 0 saturated carbocycles. The van der Waals surface area contributed by atoms with Crippen molar-refractivity contribution in [3.8, 4) is 5.69 Å². The van der Waals surface area contributed by atoms with Crippen LogP contribution in [0.15, 0.2) is 58.2 Å². The summed E-state index contributed by atoms with van der Waals surface area (Å²) in [5.74, 6) is -0.482. The molecule has 8 heteroatoms. The summed E-state index contributed by atoms with van der Waals surface area (Å²) in [6, 6.07) is 13.5. The first-order valence-electron chi connectivity index (χ1n) is 7.37. The number of nitrogens with one attached hydrogen (secondary N) is 1. The number of hydrogen-bond donors (Lipinski definition) is 1. The number of carbonyl (C=O) groups excluding carboxylic acids is 1. The van der Waals surface area contributed by atoms with Gasteiger partial charge >= 0.3 is 0 Å². The van der Waals surface area contributed by atoms with Gasteiger partial charge < -0.3 is 5.32 Å². The van der Waals surface area contributed by atoms with Crippen molar-refractivity contribution in [1.29, 1.82) is 0 Å². The smallest absolute Gasteiger partial charge is 0.254 e. The van der Waals surface area contributed by atoms with Gasteiger partial charge in [0.2, 0.25) is 0 Å². The zero-order chi connectivity index (χ0) is 17.8. The maximum absolute atomic E-state index is 13.7. The third-order valence-electron chi connectivity index (χ3n) is 3.49. The Bertz CT molecular complexity index is 898. The van der Waals surface area contributed by atoms with Crippen LogP contribution in [0.5, 0.6) is 0 Å². The van der Waals surface area contributed by atoms with Crippen molar-refractivity contribution in [2.45, 2.75) is 11.7 Å². The lowest BCUT2D eigenvalue weighted by Crippen LogP contribution is -2.25. The fraction of sp³-hybridized carbons (Fsp3) is 0.118. The Balaban J connectivity index is 1.84. The molecule has 0 radical (unpaired) electrons. The van der Waals surface area contributed by atoms with E-state index in [0.29, 0.717) is 11.0 Å². The van der Waals surface area contributed by atoms with Crippen LogP contribution in [0.2, 0.25) is 0 Å². The molecule has 0 aliphatic heterocycles. The van der Waals surface area contributed by atoms with Crippen LogP contribution < -0.4 is 5.32 Å². The molecule has 3 rings (SSSR count). The van der Waals surface area contributed by atoms with Crippen LogP contribution in [-0.2, 0) is 6.54 Å². The number of benzene rings is 2. The van der Waals surface area contributed by atoms with E-state index in [1.54, 1.807) is 12.1 Å². The quantitative estimate of drug-likeness (QED) is 0.637. The highest BCUT2D eigenvalue weighted by atomic mass is 79.9. The summed E-state index contributed by atoms with van der Waals surface area (Å²) in [6.45, 7) is 0.136. The van der Waals surface area contributed by atoms with E-state index in [2.05, 4.69) is 31.4 Å². The Labute approximate surface area is 156 Å². The molecule has 1 heterocycles. The van der Waals surface area contributed by atoms with Gasteiger partial charge in [0.25, 0.3) is 5.91 Å². The zero-order valence-electron chi connectivity index (χ0n) is 13.2. The van der Waals surface area contributed by atoms with E-state index in [-0.39, 0.29) is 12.1 Å². The number of amides is 1. The van der Waals surface area contributed by atoms with Gasteiger partial charge in [0.15, 0.2) is 11.0 Å². The molecular weight excluding hydrogens is 407 g/mol. The first kappa shape index (κ1) is 17.6. The van der Waals surface area contributed by atoms with Crippen molar-refractivity contribution in [1.82, 2.24) is 20.1 Å². The lowest BCUT2D eigenvalue weighted by atomic mass is 10.2. The molecular formula is C17H14BrFN4OS. The lowest BCUT2D eigenvalue weighted by Gasteiger charge is -2.10. The van der Waals surface area contributed by atoms with Crippen LogP contribution >= 0.6 is 27.7 Å². The predicted octanol–water partition coefficient (Wildman–Crippen LogP) is 3.82. The standard InChI is InChI=1S/C17H14BrFN4OS/c1-25-17-22-21-15(23(17)12-8-6-11(18)7-9-12)10-20-16(24)13-4-2-3-5-14(13)19/h2-9H,10H2,1H3,(H,20,24). The van der Waals surface area contributed by atoms with E-state index in [0.717, 1.165) is 10.2 Å². The first-order valence-corrected chi connectivity index (χ1v) is 9.39. The molecule has 128 valence electrons. The molecule has 1 amide bonds. The van der Waals surface area contributed by atoms with Crippen molar-refractivity contribution in [2.24, 2.45) is 0 Å². The van der Waals surface area contributed by atoms with E-state index in [1.807, 2.05) is 35.1 Å². The van der Waals surface area contributed by atoms with Gasteiger partial charge in [-0.25, -0.2) is 4.39 Å². The highest BCUT2D eigenvalue weighted by Gasteiger charge is 2.16. The summed E-state index contributed by atoms with van der Waals surface area (Å²) >= 11 is 4.86. The van der Waals surface area contributed by atoms with Gasteiger partial charge in [-0.15, -0.1) is 10.2 Å². The van der Waals surface area contributed by atoms with Crippen LogP contribution in [0.3, 0.4) is 0 Å². The minimum absolute atomic E-state index is 0.00213. The van der Waals surface area contributed by atoms with E-state index >= 15 is 0 Å². The maximum atomic E-state index is 13.7. The Morgan fingerprint density at radius 1 is 1.20 bits per heavy atom. The largest absolute Gasteiger partial charge is 0.345 e. The maximum Gasteiger partial charge on any atom is 0.254 e. The third kappa shape index (κ3) is 3.91. The summed E-state index contributed by atoms with van der Waals surface area (Å²) < 4.78 is 16.5. The van der Waals surface area contributed by atoms with Crippen molar-refractivity contribution in [3.63, 3.8) is 0 Å². The Morgan fingerprint density at radius 2 is 1.92 bits per heavy atom. The Kier molecular flexibility index (Phi) is 5.50. The van der Waals surface area contributed by atoms with E-state index in [1.165, 1.54) is 23.9 Å². The second-order valence-electron chi connectivity index (χ2n) is 5.08. The van der Waals surface area contributed by atoms with Gasteiger partial charge in [-0.1, -0.05) is 39.8 Å². The molecule has 0 unspecified atom stereocenters. The zero-order valence-corrected chi connectivity index (χ0v) is 15.6. The molecule has 3 aromatic rings. The van der Waals surface area contributed by atoms with Crippen LogP contribution in [0.25, 0.3) is 5.69 Å². The number of thioether (sulfide) groups is 1. The summed E-state index contributed by atoms with van der Waals surface area (Å²) in [5, 5.41) is 11.7. The lowest BCUT2D eigenvalue weighted by molar-refractivity contribution is 0.0945. The van der Waals surface area contributed by atoms with Crippen molar-refractivity contribution >= 4 is 33.6 Å². The fourth-order valence-electron chi connectivity index (χ4n) is 2.30. The van der Waals surface area contributed by atoms with Crippen LogP contribution in [-0.4, -0.2) is 26.9 Å².